The van der Waals surface area contributed by atoms with Gasteiger partial charge < -0.3 is 5.32 Å². The number of hydrogen-bond acceptors (Lipinski definition) is 1. The lowest BCUT2D eigenvalue weighted by atomic mass is 10.1. The summed E-state index contributed by atoms with van der Waals surface area (Å²) in [6.45, 7) is 2.00. The third kappa shape index (κ3) is 4.49. The smallest absolute Gasteiger partial charge is 0.251 e. The minimum Gasteiger partial charge on any atom is -0.349 e. The fourth-order valence-electron chi connectivity index (χ4n) is 1.96. The molecule has 0 saturated carbocycles. The van der Waals surface area contributed by atoms with Gasteiger partial charge in [-0.3, -0.25) is 4.79 Å². The molecule has 1 unspecified atom stereocenters. The molecule has 1 amide bonds. The number of amides is 1. The molecule has 20 heavy (non-hydrogen) atoms. The molecule has 2 aromatic rings. The number of benzene rings is 2. The normalized spacial score (nSPS) is 11.9. The Hall–Kier alpha value is -1.07. The van der Waals surface area contributed by atoms with E-state index in [0.717, 1.165) is 20.6 Å². The van der Waals surface area contributed by atoms with Crippen LogP contribution in [0.2, 0.25) is 5.02 Å². The molecule has 104 valence electrons. The highest BCUT2D eigenvalue weighted by Gasteiger charge is 2.10. The van der Waals surface area contributed by atoms with Gasteiger partial charge in [-0.25, -0.2) is 0 Å². The first-order valence-corrected chi connectivity index (χ1v) is 7.81. The van der Waals surface area contributed by atoms with Crippen molar-refractivity contribution in [2.45, 2.75) is 19.4 Å². The van der Waals surface area contributed by atoms with E-state index in [-0.39, 0.29) is 11.9 Å². The summed E-state index contributed by atoms with van der Waals surface area (Å²) >= 11 is 8.06. The van der Waals surface area contributed by atoms with Crippen LogP contribution < -0.4 is 5.32 Å². The Morgan fingerprint density at radius 1 is 1.25 bits per heavy atom. The summed E-state index contributed by atoms with van der Waals surface area (Å²) in [6.07, 6.45) is 0.785. The first kappa shape index (κ1) is 15.3. The number of hydrogen-bond donors (Lipinski definition) is 1. The lowest BCUT2D eigenvalue weighted by molar-refractivity contribution is 0.0940. The summed E-state index contributed by atoms with van der Waals surface area (Å²) in [7, 11) is 0. The van der Waals surface area contributed by atoms with E-state index >= 15 is 0 Å². The van der Waals surface area contributed by atoms with Crippen LogP contribution in [0.4, 0.5) is 0 Å². The first-order valence-electron chi connectivity index (χ1n) is 6.35. The van der Waals surface area contributed by atoms with Crippen LogP contribution in [0.5, 0.6) is 0 Å². The minimum atomic E-state index is -0.0371. The van der Waals surface area contributed by atoms with Crippen molar-refractivity contribution in [3.63, 3.8) is 0 Å². The topological polar surface area (TPSA) is 29.1 Å². The van der Waals surface area contributed by atoms with Gasteiger partial charge >= 0.3 is 0 Å². The molecule has 2 nitrogen and oxygen atoms in total. The third-order valence-electron chi connectivity index (χ3n) is 2.92. The molecule has 1 N–H and O–H groups in total. The summed E-state index contributed by atoms with van der Waals surface area (Å²) in [4.78, 5) is 12.1. The molecule has 1 atom stereocenters. The van der Waals surface area contributed by atoms with Gasteiger partial charge in [-0.15, -0.1) is 0 Å². The Kier molecular flexibility index (Phi) is 5.43. The van der Waals surface area contributed by atoms with Gasteiger partial charge in [0.1, 0.15) is 0 Å². The molecule has 0 aliphatic rings. The Labute approximate surface area is 137 Å². The molecule has 2 aromatic carbocycles. The van der Waals surface area contributed by atoms with Gasteiger partial charge in [0.25, 0.3) is 5.91 Å². The van der Waals surface area contributed by atoms with Gasteiger partial charge in [-0.1, -0.05) is 29.8 Å². The largest absolute Gasteiger partial charge is 0.349 e. The van der Waals surface area contributed by atoms with Gasteiger partial charge in [0.2, 0.25) is 0 Å². The monoisotopic (exact) mass is 399 g/mol. The van der Waals surface area contributed by atoms with Crippen LogP contribution in [-0.2, 0) is 6.42 Å². The van der Waals surface area contributed by atoms with E-state index < -0.39 is 0 Å². The van der Waals surface area contributed by atoms with Crippen molar-refractivity contribution in [2.24, 2.45) is 0 Å². The lowest BCUT2D eigenvalue weighted by Gasteiger charge is -2.14. The van der Waals surface area contributed by atoms with E-state index in [1.165, 1.54) is 0 Å². The van der Waals surface area contributed by atoms with Gasteiger partial charge in [-0.2, -0.15) is 0 Å². The highest BCUT2D eigenvalue weighted by atomic mass is 127. The predicted molar refractivity (Wildman–Crippen MR) is 91.2 cm³/mol. The van der Waals surface area contributed by atoms with E-state index in [1.807, 2.05) is 55.5 Å². The molecular weight excluding hydrogens is 385 g/mol. The molecule has 0 fully saturated rings. The zero-order valence-electron chi connectivity index (χ0n) is 11.1. The molecule has 0 bridgehead atoms. The SMILES string of the molecule is CC(Cc1ccc(Cl)cc1)NC(=O)c1cccc(I)c1. The zero-order chi connectivity index (χ0) is 14.5. The highest BCUT2D eigenvalue weighted by molar-refractivity contribution is 14.1. The Balaban J connectivity index is 1.95. The molecule has 0 radical (unpaired) electrons. The summed E-state index contributed by atoms with van der Waals surface area (Å²) < 4.78 is 1.06. The molecule has 0 saturated heterocycles. The van der Waals surface area contributed by atoms with Crippen LogP contribution in [0.15, 0.2) is 48.5 Å². The molecule has 0 aliphatic carbocycles. The van der Waals surface area contributed by atoms with Crippen LogP contribution in [0.3, 0.4) is 0 Å². The van der Waals surface area contributed by atoms with Crippen LogP contribution in [-0.4, -0.2) is 11.9 Å². The maximum atomic E-state index is 12.1. The van der Waals surface area contributed by atoms with Crippen molar-refractivity contribution < 1.29 is 4.79 Å². The third-order valence-corrected chi connectivity index (χ3v) is 3.84. The van der Waals surface area contributed by atoms with Gasteiger partial charge in [0, 0.05) is 20.2 Å². The molecule has 0 aliphatic heterocycles. The minimum absolute atomic E-state index is 0.0371. The average molecular weight is 400 g/mol. The van der Waals surface area contributed by atoms with Crippen LogP contribution in [0, 0.1) is 3.57 Å². The fraction of sp³-hybridized carbons (Fsp3) is 0.188. The first-order chi connectivity index (χ1) is 9.54. The maximum Gasteiger partial charge on any atom is 0.251 e. The molecule has 4 heteroatoms. The van der Waals surface area contributed by atoms with Crippen molar-refractivity contribution in [3.8, 4) is 0 Å². The van der Waals surface area contributed by atoms with Crippen molar-refractivity contribution in [2.75, 3.05) is 0 Å². The van der Waals surface area contributed by atoms with E-state index in [1.54, 1.807) is 0 Å². The second kappa shape index (κ2) is 7.09. The predicted octanol–water partition coefficient (Wildman–Crippen LogP) is 4.31. The standard InChI is InChI=1S/C16H15ClINO/c1-11(9-12-5-7-14(17)8-6-12)19-16(20)13-3-2-4-15(18)10-13/h2-8,10-11H,9H2,1H3,(H,19,20). The van der Waals surface area contributed by atoms with Crippen molar-refractivity contribution in [1.29, 1.82) is 0 Å². The maximum absolute atomic E-state index is 12.1. The van der Waals surface area contributed by atoms with E-state index in [9.17, 15) is 4.79 Å². The Bertz CT molecular complexity index is 598. The number of halogens is 2. The summed E-state index contributed by atoms with van der Waals surface area (Å²) in [5.41, 5.74) is 1.85. The molecule has 2 rings (SSSR count). The Morgan fingerprint density at radius 3 is 2.60 bits per heavy atom. The van der Waals surface area contributed by atoms with E-state index in [4.69, 9.17) is 11.6 Å². The molecule has 0 aromatic heterocycles. The summed E-state index contributed by atoms with van der Waals surface area (Å²) in [5, 5.41) is 3.74. The van der Waals surface area contributed by atoms with Crippen LogP contribution in [0.1, 0.15) is 22.8 Å². The average Bonchev–Trinajstić information content (AvgIpc) is 2.41. The Morgan fingerprint density at radius 2 is 1.95 bits per heavy atom. The van der Waals surface area contributed by atoms with Crippen molar-refractivity contribution >= 4 is 40.1 Å². The quantitative estimate of drug-likeness (QED) is 0.763. The number of rotatable bonds is 4. The zero-order valence-corrected chi connectivity index (χ0v) is 14.0. The lowest BCUT2D eigenvalue weighted by Crippen LogP contribution is -2.34. The molecule has 0 heterocycles. The van der Waals surface area contributed by atoms with Gasteiger partial charge in [-0.05, 0) is 71.8 Å². The summed E-state index contributed by atoms with van der Waals surface area (Å²) in [5.74, 6) is -0.0371. The van der Waals surface area contributed by atoms with Crippen molar-refractivity contribution in [1.82, 2.24) is 5.32 Å². The van der Waals surface area contributed by atoms with Crippen LogP contribution >= 0.6 is 34.2 Å². The van der Waals surface area contributed by atoms with E-state index in [2.05, 4.69) is 27.9 Å². The van der Waals surface area contributed by atoms with E-state index in [0.29, 0.717) is 5.56 Å². The fourth-order valence-corrected chi connectivity index (χ4v) is 2.63. The van der Waals surface area contributed by atoms with Crippen molar-refractivity contribution in [3.05, 3.63) is 68.3 Å². The van der Waals surface area contributed by atoms with Crippen LogP contribution in [0.25, 0.3) is 0 Å². The highest BCUT2D eigenvalue weighted by Crippen LogP contribution is 2.12. The molecular formula is C16H15ClINO. The number of nitrogens with one attached hydrogen (secondary N) is 1. The summed E-state index contributed by atoms with van der Waals surface area (Å²) in [6, 6.07) is 15.3. The number of carbonyl (C=O) groups is 1. The molecule has 0 spiro atoms. The number of carbonyl (C=O) groups excluding carboxylic acids is 1. The van der Waals surface area contributed by atoms with Gasteiger partial charge in [0.05, 0.1) is 0 Å². The van der Waals surface area contributed by atoms with Gasteiger partial charge in [0.15, 0.2) is 0 Å². The second-order valence-electron chi connectivity index (χ2n) is 4.72. The second-order valence-corrected chi connectivity index (χ2v) is 6.40.